The van der Waals surface area contributed by atoms with Crippen molar-refractivity contribution in [3.8, 4) is 17.6 Å². The summed E-state index contributed by atoms with van der Waals surface area (Å²) in [5.74, 6) is 7.72. The minimum atomic E-state index is -0.346. The van der Waals surface area contributed by atoms with Crippen LogP contribution in [0, 0.1) is 27.9 Å². The molecule has 2 fully saturated rings. The summed E-state index contributed by atoms with van der Waals surface area (Å²) in [4.78, 5) is 12.6. The zero-order valence-electron chi connectivity index (χ0n) is 17.5. The van der Waals surface area contributed by atoms with Crippen LogP contribution in [0.2, 0.25) is 0 Å². The van der Waals surface area contributed by atoms with Gasteiger partial charge in [-0.25, -0.2) is 0 Å². The highest BCUT2D eigenvalue weighted by atomic mass is 16.6. The number of nitrogens with zero attached hydrogens (tertiary/aromatic N) is 1. The molecule has 31 heavy (non-hydrogen) atoms. The van der Waals surface area contributed by atoms with Gasteiger partial charge in [0.1, 0.15) is 18.8 Å². The molecule has 1 saturated carbocycles. The molecule has 2 aromatic rings. The number of quaternary nitrogens is 1. The highest BCUT2D eigenvalue weighted by Gasteiger charge is 2.57. The second-order valence-corrected chi connectivity index (χ2v) is 8.65. The molecule has 5 rings (SSSR count). The quantitative estimate of drug-likeness (QED) is 0.462. The molecular formula is C25H27N2O4+. The number of hydrogen-bond acceptors (Lipinski definition) is 4. The second kappa shape index (κ2) is 8.33. The van der Waals surface area contributed by atoms with Crippen LogP contribution in [0.3, 0.4) is 0 Å². The number of ether oxygens (including phenoxy) is 2. The van der Waals surface area contributed by atoms with E-state index in [1.807, 2.05) is 30.3 Å². The van der Waals surface area contributed by atoms with E-state index < -0.39 is 0 Å². The van der Waals surface area contributed by atoms with E-state index in [0.717, 1.165) is 68.9 Å². The Kier molecular flexibility index (Phi) is 5.39. The summed E-state index contributed by atoms with van der Waals surface area (Å²) in [5.41, 5.74) is 1.56. The van der Waals surface area contributed by atoms with E-state index in [9.17, 15) is 10.1 Å². The van der Waals surface area contributed by atoms with Crippen molar-refractivity contribution in [3.05, 3.63) is 69.8 Å². The van der Waals surface area contributed by atoms with Gasteiger partial charge in [-0.3, -0.25) is 15.0 Å². The molecule has 0 radical (unpaired) electrons. The van der Waals surface area contributed by atoms with Crippen LogP contribution in [0.4, 0.5) is 5.69 Å². The van der Waals surface area contributed by atoms with Crippen LogP contribution in [0.15, 0.2) is 48.5 Å². The number of morpholine rings is 1. The maximum Gasteiger partial charge on any atom is 0.270 e. The van der Waals surface area contributed by atoms with Gasteiger partial charge in [-0.2, -0.15) is 0 Å². The Morgan fingerprint density at radius 2 is 1.90 bits per heavy atom. The lowest BCUT2D eigenvalue weighted by Crippen LogP contribution is -3.24. The first kappa shape index (κ1) is 20.0. The van der Waals surface area contributed by atoms with Gasteiger partial charge < -0.3 is 9.47 Å². The highest BCUT2D eigenvalue weighted by molar-refractivity contribution is 5.51. The normalized spacial score (nSPS) is 27.7. The van der Waals surface area contributed by atoms with Crippen molar-refractivity contribution < 1.29 is 19.3 Å². The minimum Gasteiger partial charge on any atom is -0.440 e. The maximum atomic E-state index is 11.5. The average Bonchev–Trinajstić information content (AvgIpc) is 2.82. The van der Waals surface area contributed by atoms with E-state index in [1.54, 1.807) is 18.2 Å². The Morgan fingerprint density at radius 3 is 2.68 bits per heavy atom. The molecule has 0 spiro atoms. The van der Waals surface area contributed by atoms with Gasteiger partial charge in [-0.05, 0) is 31.0 Å². The predicted octanol–water partition coefficient (Wildman–Crippen LogP) is 2.92. The smallest absolute Gasteiger partial charge is 0.270 e. The summed E-state index contributed by atoms with van der Waals surface area (Å²) < 4.78 is 12.4. The molecule has 3 atom stereocenters. The molecule has 0 bridgehead atoms. The van der Waals surface area contributed by atoms with Crippen molar-refractivity contribution in [1.29, 1.82) is 0 Å². The zero-order chi connectivity index (χ0) is 21.3. The van der Waals surface area contributed by atoms with Gasteiger partial charge in [0, 0.05) is 29.7 Å². The van der Waals surface area contributed by atoms with E-state index in [1.165, 1.54) is 4.90 Å². The molecular weight excluding hydrogens is 392 g/mol. The van der Waals surface area contributed by atoms with Gasteiger partial charge in [0.25, 0.3) is 5.69 Å². The van der Waals surface area contributed by atoms with E-state index in [2.05, 4.69) is 11.8 Å². The fraction of sp³-hybridized carbons (Fsp3) is 0.440. The number of benzene rings is 2. The molecule has 1 aliphatic carbocycles. The topological polar surface area (TPSA) is 66.0 Å². The van der Waals surface area contributed by atoms with E-state index in [0.29, 0.717) is 0 Å². The van der Waals surface area contributed by atoms with Crippen LogP contribution >= 0.6 is 0 Å². The third-order valence-corrected chi connectivity index (χ3v) is 6.99. The largest absolute Gasteiger partial charge is 0.440 e. The first-order valence-electron chi connectivity index (χ1n) is 11.1. The Hall–Kier alpha value is -2.88. The van der Waals surface area contributed by atoms with Crippen molar-refractivity contribution in [2.45, 2.75) is 37.3 Å². The number of fused-ring (bicyclic) bond motifs is 2. The van der Waals surface area contributed by atoms with Gasteiger partial charge in [0.15, 0.2) is 0 Å². The number of non-ortho nitro benzene ring substituents is 1. The summed E-state index contributed by atoms with van der Waals surface area (Å²) in [7, 11) is 0. The molecule has 2 aromatic carbocycles. The Labute approximate surface area is 182 Å². The zero-order valence-corrected chi connectivity index (χ0v) is 17.5. The van der Waals surface area contributed by atoms with Crippen molar-refractivity contribution in [2.75, 3.05) is 26.3 Å². The molecule has 0 unspecified atom stereocenters. The first-order chi connectivity index (χ1) is 15.2. The highest BCUT2D eigenvalue weighted by Crippen LogP contribution is 2.49. The van der Waals surface area contributed by atoms with Crippen LogP contribution in [0.5, 0.6) is 5.75 Å². The van der Waals surface area contributed by atoms with E-state index >= 15 is 0 Å². The Bertz CT molecular complexity index is 1020. The average molecular weight is 420 g/mol. The molecule has 3 aliphatic rings. The monoisotopic (exact) mass is 419 g/mol. The van der Waals surface area contributed by atoms with Gasteiger partial charge >= 0.3 is 0 Å². The summed E-state index contributed by atoms with van der Waals surface area (Å²) in [6.45, 7) is 3.30. The lowest BCUT2D eigenvalue weighted by molar-refractivity contribution is -0.987. The minimum absolute atomic E-state index is 0.0934. The van der Waals surface area contributed by atoms with Crippen molar-refractivity contribution in [2.24, 2.45) is 5.92 Å². The van der Waals surface area contributed by atoms with Crippen LogP contribution in [-0.4, -0.2) is 37.0 Å². The molecule has 0 amide bonds. The standard InChI is InChI=1S/C25H26N2O4/c28-27(29)20-10-12-24-22(18-20)21(11-9-19-6-2-1-3-7-19)23-8-4-5-13-25(23,31-24)26-14-16-30-17-15-26/h1-3,6-7,10,12,18,21,23H,4-5,8,13-17H2/p+1/t21-,23-,25-/m0/s1. The van der Waals surface area contributed by atoms with Crippen molar-refractivity contribution in [1.82, 2.24) is 0 Å². The molecule has 6 nitrogen and oxygen atoms in total. The van der Waals surface area contributed by atoms with Gasteiger partial charge in [0.05, 0.1) is 30.0 Å². The van der Waals surface area contributed by atoms with Gasteiger partial charge in [-0.15, -0.1) is 0 Å². The fourth-order valence-electron chi connectivity index (χ4n) is 5.54. The van der Waals surface area contributed by atoms with Crippen LogP contribution < -0.4 is 9.64 Å². The number of nitro groups is 1. The maximum absolute atomic E-state index is 11.5. The van der Waals surface area contributed by atoms with Crippen molar-refractivity contribution in [3.63, 3.8) is 0 Å². The molecule has 1 N–H and O–H groups in total. The number of nitro benzene ring substituents is 1. The Balaban J connectivity index is 1.63. The lowest BCUT2D eigenvalue weighted by Gasteiger charge is -2.52. The van der Waals surface area contributed by atoms with Gasteiger partial charge in [-0.1, -0.05) is 36.5 Å². The lowest BCUT2D eigenvalue weighted by atomic mass is 9.68. The molecule has 1 saturated heterocycles. The molecule has 160 valence electrons. The molecule has 6 heteroatoms. The van der Waals surface area contributed by atoms with Crippen LogP contribution in [0.25, 0.3) is 0 Å². The second-order valence-electron chi connectivity index (χ2n) is 8.65. The summed E-state index contributed by atoms with van der Waals surface area (Å²) in [5, 5.41) is 11.5. The first-order valence-corrected chi connectivity index (χ1v) is 11.1. The third kappa shape index (κ3) is 3.69. The third-order valence-electron chi connectivity index (χ3n) is 6.99. The van der Waals surface area contributed by atoms with Crippen molar-refractivity contribution >= 4 is 5.69 Å². The van der Waals surface area contributed by atoms with E-state index in [4.69, 9.17) is 9.47 Å². The van der Waals surface area contributed by atoms with E-state index in [-0.39, 0.29) is 28.2 Å². The summed E-state index contributed by atoms with van der Waals surface area (Å²) in [6.07, 6.45) is 4.25. The van der Waals surface area contributed by atoms with Crippen LogP contribution in [-0.2, 0) is 4.74 Å². The number of nitrogens with one attached hydrogen (secondary N) is 1. The van der Waals surface area contributed by atoms with Gasteiger partial charge in [0.2, 0.25) is 5.72 Å². The summed E-state index contributed by atoms with van der Waals surface area (Å²) >= 11 is 0. The number of hydrogen-bond donors (Lipinski definition) is 1. The fourth-order valence-corrected chi connectivity index (χ4v) is 5.54. The summed E-state index contributed by atoms with van der Waals surface area (Å²) in [6, 6.07) is 14.9. The number of rotatable bonds is 2. The molecule has 0 aromatic heterocycles. The predicted molar refractivity (Wildman–Crippen MR) is 116 cm³/mol. The molecule has 2 heterocycles. The molecule has 2 aliphatic heterocycles. The SMILES string of the molecule is O=[N+]([O-])c1ccc2c(c1)[C@H](C#Cc1ccccc1)[C@@H]1CCCC[C@]1([NH+]1CCOCC1)O2. The Morgan fingerprint density at radius 1 is 1.10 bits per heavy atom. The van der Waals surface area contributed by atoms with Crippen LogP contribution in [0.1, 0.15) is 42.7 Å².